The number of esters is 1. The highest BCUT2D eigenvalue weighted by Gasteiger charge is 1.97. The molecule has 0 N–H and O–H groups in total. The van der Waals surface area contributed by atoms with E-state index in [0.717, 1.165) is 10.5 Å². The van der Waals surface area contributed by atoms with Crippen LogP contribution in [-0.4, -0.2) is 12.6 Å². The SMILES string of the molecule is CCOC(=O)CC=Cc1ccccc1S. The first-order chi connectivity index (χ1) is 7.24. The van der Waals surface area contributed by atoms with E-state index in [1.54, 1.807) is 13.0 Å². The number of thiol groups is 1. The number of carbonyl (C=O) groups excluding carboxylic acids is 1. The fraction of sp³-hybridized carbons (Fsp3) is 0.250. The largest absolute Gasteiger partial charge is 0.466 e. The molecular weight excluding hydrogens is 208 g/mol. The van der Waals surface area contributed by atoms with Crippen molar-refractivity contribution in [1.29, 1.82) is 0 Å². The summed E-state index contributed by atoms with van der Waals surface area (Å²) in [6, 6.07) is 7.71. The standard InChI is InChI=1S/C12H14O2S/c1-2-14-12(13)9-5-7-10-6-3-4-8-11(10)15/h3-8,15H,2,9H2,1H3. The molecule has 15 heavy (non-hydrogen) atoms. The Labute approximate surface area is 95.4 Å². The Morgan fingerprint density at radius 2 is 2.20 bits per heavy atom. The highest BCUT2D eigenvalue weighted by atomic mass is 32.1. The molecule has 2 nitrogen and oxygen atoms in total. The zero-order valence-corrected chi connectivity index (χ0v) is 9.54. The van der Waals surface area contributed by atoms with Crippen LogP contribution in [0.5, 0.6) is 0 Å². The van der Waals surface area contributed by atoms with E-state index in [1.165, 1.54) is 0 Å². The van der Waals surface area contributed by atoms with Crippen LogP contribution in [0.3, 0.4) is 0 Å². The molecule has 3 heteroatoms. The van der Waals surface area contributed by atoms with E-state index in [-0.39, 0.29) is 5.97 Å². The van der Waals surface area contributed by atoms with Gasteiger partial charge in [-0.05, 0) is 18.6 Å². The Hall–Kier alpha value is -1.22. The fourth-order valence-electron chi connectivity index (χ4n) is 1.13. The summed E-state index contributed by atoms with van der Waals surface area (Å²) in [5, 5.41) is 0. The van der Waals surface area contributed by atoms with E-state index < -0.39 is 0 Å². The number of hydrogen-bond donors (Lipinski definition) is 1. The number of ether oxygens (including phenoxy) is 1. The van der Waals surface area contributed by atoms with Gasteiger partial charge in [0, 0.05) is 4.90 Å². The lowest BCUT2D eigenvalue weighted by atomic mass is 10.2. The molecule has 0 radical (unpaired) electrons. The van der Waals surface area contributed by atoms with Gasteiger partial charge in [0.2, 0.25) is 0 Å². The summed E-state index contributed by atoms with van der Waals surface area (Å²) >= 11 is 4.30. The molecule has 1 rings (SSSR count). The minimum Gasteiger partial charge on any atom is -0.466 e. The number of carbonyl (C=O) groups is 1. The minimum absolute atomic E-state index is 0.203. The van der Waals surface area contributed by atoms with E-state index in [0.29, 0.717) is 13.0 Å². The van der Waals surface area contributed by atoms with Crippen LogP contribution >= 0.6 is 12.6 Å². The van der Waals surface area contributed by atoms with E-state index in [4.69, 9.17) is 4.74 Å². The lowest BCUT2D eigenvalue weighted by Crippen LogP contribution is -2.01. The molecule has 0 aliphatic carbocycles. The molecule has 0 heterocycles. The second-order valence-electron chi connectivity index (χ2n) is 2.97. The Bertz CT molecular complexity index is 358. The third-order valence-corrected chi connectivity index (χ3v) is 2.23. The summed E-state index contributed by atoms with van der Waals surface area (Å²) in [5.41, 5.74) is 1.00. The van der Waals surface area contributed by atoms with Crippen LogP contribution in [0.15, 0.2) is 35.2 Å². The molecule has 0 bridgehead atoms. The Morgan fingerprint density at radius 1 is 1.47 bits per heavy atom. The van der Waals surface area contributed by atoms with Crippen LogP contribution in [0, 0.1) is 0 Å². The van der Waals surface area contributed by atoms with Crippen molar-refractivity contribution in [2.75, 3.05) is 6.61 Å². The molecule has 0 amide bonds. The molecule has 1 aromatic carbocycles. The van der Waals surface area contributed by atoms with Gasteiger partial charge in [-0.3, -0.25) is 4.79 Å². The predicted octanol–water partition coefficient (Wildman–Crippen LogP) is 2.94. The van der Waals surface area contributed by atoms with Gasteiger partial charge in [0.05, 0.1) is 13.0 Å². The van der Waals surface area contributed by atoms with Crippen LogP contribution in [0.25, 0.3) is 6.08 Å². The number of hydrogen-bond acceptors (Lipinski definition) is 3. The van der Waals surface area contributed by atoms with Gasteiger partial charge in [-0.25, -0.2) is 0 Å². The molecule has 0 saturated heterocycles. The smallest absolute Gasteiger partial charge is 0.309 e. The summed E-state index contributed by atoms with van der Waals surface area (Å²) in [6.45, 7) is 2.22. The Morgan fingerprint density at radius 3 is 2.87 bits per heavy atom. The molecule has 0 spiro atoms. The van der Waals surface area contributed by atoms with E-state index >= 15 is 0 Å². The Kier molecular flexibility index (Phi) is 4.98. The fourth-order valence-corrected chi connectivity index (χ4v) is 1.37. The van der Waals surface area contributed by atoms with Gasteiger partial charge in [-0.1, -0.05) is 30.4 Å². The lowest BCUT2D eigenvalue weighted by molar-refractivity contribution is -0.142. The zero-order valence-electron chi connectivity index (χ0n) is 8.64. The molecule has 80 valence electrons. The van der Waals surface area contributed by atoms with Gasteiger partial charge in [-0.2, -0.15) is 0 Å². The molecule has 0 atom stereocenters. The average Bonchev–Trinajstić information content (AvgIpc) is 2.21. The van der Waals surface area contributed by atoms with Gasteiger partial charge >= 0.3 is 5.97 Å². The summed E-state index contributed by atoms with van der Waals surface area (Å²) in [5.74, 6) is -0.203. The quantitative estimate of drug-likeness (QED) is 0.626. The number of rotatable bonds is 4. The molecule has 0 aliphatic rings. The van der Waals surface area contributed by atoms with Gasteiger partial charge in [-0.15, -0.1) is 12.6 Å². The van der Waals surface area contributed by atoms with Crippen LogP contribution in [0.1, 0.15) is 18.9 Å². The van der Waals surface area contributed by atoms with Gasteiger partial charge < -0.3 is 4.74 Å². The highest BCUT2D eigenvalue weighted by Crippen LogP contribution is 2.14. The molecule has 0 aromatic heterocycles. The second kappa shape index (κ2) is 6.30. The monoisotopic (exact) mass is 222 g/mol. The molecular formula is C12H14O2S. The first kappa shape index (κ1) is 11.9. The third-order valence-electron chi connectivity index (χ3n) is 1.82. The van der Waals surface area contributed by atoms with Crippen LogP contribution in [-0.2, 0) is 9.53 Å². The van der Waals surface area contributed by atoms with E-state index in [1.807, 2.05) is 30.3 Å². The van der Waals surface area contributed by atoms with Crippen molar-refractivity contribution < 1.29 is 9.53 Å². The topological polar surface area (TPSA) is 26.3 Å². The highest BCUT2D eigenvalue weighted by molar-refractivity contribution is 7.80. The first-order valence-electron chi connectivity index (χ1n) is 4.84. The Balaban J connectivity index is 2.52. The molecule has 0 fully saturated rings. The first-order valence-corrected chi connectivity index (χ1v) is 5.29. The van der Waals surface area contributed by atoms with E-state index in [9.17, 15) is 4.79 Å². The molecule has 0 aliphatic heterocycles. The average molecular weight is 222 g/mol. The summed E-state index contributed by atoms with van der Waals surface area (Å²) in [6.07, 6.45) is 3.96. The van der Waals surface area contributed by atoms with Crippen LogP contribution in [0.2, 0.25) is 0 Å². The number of benzene rings is 1. The maximum atomic E-state index is 11.0. The van der Waals surface area contributed by atoms with Crippen molar-refractivity contribution in [2.45, 2.75) is 18.2 Å². The van der Waals surface area contributed by atoms with E-state index in [2.05, 4.69) is 12.6 Å². The summed E-state index contributed by atoms with van der Waals surface area (Å²) in [4.78, 5) is 11.9. The van der Waals surface area contributed by atoms with Crippen molar-refractivity contribution >= 4 is 24.7 Å². The van der Waals surface area contributed by atoms with Crippen molar-refractivity contribution in [3.05, 3.63) is 35.9 Å². The zero-order chi connectivity index (χ0) is 11.1. The maximum Gasteiger partial charge on any atom is 0.309 e. The van der Waals surface area contributed by atoms with Crippen molar-refractivity contribution in [1.82, 2.24) is 0 Å². The molecule has 0 unspecified atom stereocenters. The summed E-state index contributed by atoms with van der Waals surface area (Å²) in [7, 11) is 0. The summed E-state index contributed by atoms with van der Waals surface area (Å²) < 4.78 is 4.80. The lowest BCUT2D eigenvalue weighted by Gasteiger charge is -1.98. The third kappa shape index (κ3) is 4.21. The van der Waals surface area contributed by atoms with Crippen molar-refractivity contribution in [2.24, 2.45) is 0 Å². The molecule has 0 saturated carbocycles. The van der Waals surface area contributed by atoms with Crippen molar-refractivity contribution in [3.8, 4) is 0 Å². The normalized spacial score (nSPS) is 10.5. The van der Waals surface area contributed by atoms with Crippen LogP contribution < -0.4 is 0 Å². The van der Waals surface area contributed by atoms with Gasteiger partial charge in [0.25, 0.3) is 0 Å². The predicted molar refractivity (Wildman–Crippen MR) is 64.0 cm³/mol. The van der Waals surface area contributed by atoms with Gasteiger partial charge in [0.15, 0.2) is 0 Å². The minimum atomic E-state index is -0.203. The molecule has 1 aromatic rings. The maximum absolute atomic E-state index is 11.0. The van der Waals surface area contributed by atoms with Crippen molar-refractivity contribution in [3.63, 3.8) is 0 Å². The second-order valence-corrected chi connectivity index (χ2v) is 3.45. The van der Waals surface area contributed by atoms with Crippen LogP contribution in [0.4, 0.5) is 0 Å². The van der Waals surface area contributed by atoms with Gasteiger partial charge in [0.1, 0.15) is 0 Å².